The second-order valence-corrected chi connectivity index (χ2v) is 26.0. The third-order valence-corrected chi connectivity index (χ3v) is 17.7. The summed E-state index contributed by atoms with van der Waals surface area (Å²) in [7, 11) is 0. The Morgan fingerprint density at radius 2 is 0.506 bits per heavy atom. The van der Waals surface area contributed by atoms with Crippen LogP contribution < -0.4 is 5.32 Å². The van der Waals surface area contributed by atoms with Crippen LogP contribution in [-0.2, 0) is 4.79 Å². The SMILES string of the molecule is CCCCCCCCCCCCCCCCCC/C=C/CC/C=C/CC/C=C/CCCC(O)C(O)C(CO)NC(=O)C(O)CCCCCCCCCCCCCCCCCC/C=C\CCCCCCCCCCCCCCCCCCCC. The first-order valence-corrected chi connectivity index (χ1v) is 37.5. The van der Waals surface area contributed by atoms with E-state index in [1.807, 2.05) is 0 Å². The molecule has 0 aromatic heterocycles. The van der Waals surface area contributed by atoms with E-state index in [9.17, 15) is 25.2 Å². The van der Waals surface area contributed by atoms with Crippen LogP contribution in [0.15, 0.2) is 48.6 Å². The van der Waals surface area contributed by atoms with Gasteiger partial charge in [-0.05, 0) is 89.9 Å². The van der Waals surface area contributed by atoms with Crippen LogP contribution in [0, 0.1) is 0 Å². The molecule has 4 unspecified atom stereocenters. The van der Waals surface area contributed by atoms with E-state index < -0.39 is 36.9 Å². The smallest absolute Gasteiger partial charge is 0.249 e. The lowest BCUT2D eigenvalue weighted by atomic mass is 10.00. The molecule has 4 atom stereocenters. The average Bonchev–Trinajstić information content (AvgIpc) is 3.54. The second kappa shape index (κ2) is 71.0. The number of carbonyl (C=O) groups is 1. The first kappa shape index (κ1) is 81.3. The van der Waals surface area contributed by atoms with Crippen molar-refractivity contribution in [2.45, 2.75) is 430 Å². The van der Waals surface area contributed by atoms with E-state index in [0.717, 1.165) is 51.4 Å². The Bertz CT molecular complexity index is 1360. The van der Waals surface area contributed by atoms with Gasteiger partial charge in [0.15, 0.2) is 0 Å². The van der Waals surface area contributed by atoms with Crippen molar-refractivity contribution in [1.29, 1.82) is 0 Å². The number of rotatable bonds is 70. The molecule has 5 N–H and O–H groups in total. The third-order valence-electron chi connectivity index (χ3n) is 17.7. The average molecular weight is 1170 g/mol. The Kier molecular flexibility index (Phi) is 69.5. The van der Waals surface area contributed by atoms with E-state index in [1.54, 1.807) is 0 Å². The van der Waals surface area contributed by atoms with Gasteiger partial charge in [0.25, 0.3) is 0 Å². The van der Waals surface area contributed by atoms with Crippen molar-refractivity contribution in [1.82, 2.24) is 5.32 Å². The van der Waals surface area contributed by atoms with E-state index >= 15 is 0 Å². The normalized spacial score (nSPS) is 13.7. The monoisotopic (exact) mass is 1170 g/mol. The minimum atomic E-state index is -1.30. The Morgan fingerprint density at radius 1 is 0.289 bits per heavy atom. The van der Waals surface area contributed by atoms with Crippen LogP contribution in [0.25, 0.3) is 0 Å². The number of aliphatic hydroxyl groups excluding tert-OH is 4. The first-order valence-electron chi connectivity index (χ1n) is 37.5. The van der Waals surface area contributed by atoms with Gasteiger partial charge in [0.2, 0.25) is 5.91 Å². The predicted octanol–water partition coefficient (Wildman–Crippen LogP) is 23.6. The van der Waals surface area contributed by atoms with E-state index in [0.29, 0.717) is 19.3 Å². The van der Waals surface area contributed by atoms with Gasteiger partial charge in [-0.15, -0.1) is 0 Å². The third kappa shape index (κ3) is 64.6. The predicted molar refractivity (Wildman–Crippen MR) is 367 cm³/mol. The van der Waals surface area contributed by atoms with Gasteiger partial charge in [0.1, 0.15) is 12.2 Å². The van der Waals surface area contributed by atoms with Crippen LogP contribution in [0.2, 0.25) is 0 Å². The van der Waals surface area contributed by atoms with Gasteiger partial charge in [0, 0.05) is 0 Å². The lowest BCUT2D eigenvalue weighted by molar-refractivity contribution is -0.132. The number of aliphatic hydroxyl groups is 4. The highest BCUT2D eigenvalue weighted by atomic mass is 16.3. The zero-order chi connectivity index (χ0) is 60.1. The lowest BCUT2D eigenvalue weighted by Crippen LogP contribution is -2.53. The summed E-state index contributed by atoms with van der Waals surface area (Å²) in [5, 5.41) is 44.2. The standard InChI is InChI=1S/C77H147NO5/c1-3-5-7-9-11-13-15-17-19-21-23-25-27-29-31-33-34-35-36-37-38-39-40-41-43-45-47-49-51-53-55-57-59-61-63-65-67-69-71-75(81)77(83)78-73(72-79)76(82)74(80)70-68-66-64-62-60-58-56-54-52-50-48-46-44-42-32-30-28-26-24-22-20-18-16-14-12-10-8-6-4-2/h37-38,46,48,54,56,62,64,73-76,79-82H,3-36,39-45,47,49-53,55,57-61,63,65-72H2,1-2H3,(H,78,83)/b38-37-,48-46+,56-54+,64-62+. The molecule has 0 aromatic rings. The maximum atomic E-state index is 12.7. The van der Waals surface area contributed by atoms with Crippen LogP contribution in [0.3, 0.4) is 0 Å². The summed E-state index contributed by atoms with van der Waals surface area (Å²) >= 11 is 0. The number of amides is 1. The highest BCUT2D eigenvalue weighted by molar-refractivity contribution is 5.80. The minimum Gasteiger partial charge on any atom is -0.394 e. The van der Waals surface area contributed by atoms with Gasteiger partial charge < -0.3 is 25.7 Å². The highest BCUT2D eigenvalue weighted by Crippen LogP contribution is 2.19. The maximum Gasteiger partial charge on any atom is 0.249 e. The largest absolute Gasteiger partial charge is 0.394 e. The lowest BCUT2D eigenvalue weighted by Gasteiger charge is -2.27. The molecule has 490 valence electrons. The fraction of sp³-hybridized carbons (Fsp3) is 0.883. The molecule has 0 spiro atoms. The van der Waals surface area contributed by atoms with Gasteiger partial charge >= 0.3 is 0 Å². The Morgan fingerprint density at radius 3 is 0.759 bits per heavy atom. The Hall–Kier alpha value is -1.73. The molecule has 0 heterocycles. The summed E-state index contributed by atoms with van der Waals surface area (Å²) in [4.78, 5) is 12.7. The quantitative estimate of drug-likeness (QED) is 0.0308. The van der Waals surface area contributed by atoms with Crippen LogP contribution in [-0.4, -0.2) is 57.3 Å². The fourth-order valence-corrected chi connectivity index (χ4v) is 11.9. The molecule has 0 rings (SSSR count). The van der Waals surface area contributed by atoms with Crippen molar-refractivity contribution in [3.05, 3.63) is 48.6 Å². The van der Waals surface area contributed by atoms with Gasteiger partial charge in [0.05, 0.1) is 18.8 Å². The summed E-state index contributed by atoms with van der Waals surface area (Å²) in [5.41, 5.74) is 0. The minimum absolute atomic E-state index is 0.360. The molecular formula is C77H147NO5. The van der Waals surface area contributed by atoms with Gasteiger partial charge in [-0.3, -0.25) is 4.79 Å². The van der Waals surface area contributed by atoms with E-state index in [-0.39, 0.29) is 0 Å². The topological polar surface area (TPSA) is 110 Å². The molecule has 6 nitrogen and oxygen atoms in total. The van der Waals surface area contributed by atoms with Gasteiger partial charge in [-0.25, -0.2) is 0 Å². The zero-order valence-electron chi connectivity index (χ0n) is 56.0. The highest BCUT2D eigenvalue weighted by Gasteiger charge is 2.28. The molecule has 6 heteroatoms. The van der Waals surface area contributed by atoms with Crippen molar-refractivity contribution in [2.75, 3.05) is 6.61 Å². The summed E-state index contributed by atoms with van der Waals surface area (Å²) in [6, 6.07) is -1.01. The van der Waals surface area contributed by atoms with Crippen molar-refractivity contribution < 1.29 is 25.2 Å². The molecule has 0 aliphatic rings. The molecule has 0 bridgehead atoms. The Labute approximate surface area is 519 Å². The van der Waals surface area contributed by atoms with E-state index in [1.165, 1.54) is 321 Å². The second-order valence-electron chi connectivity index (χ2n) is 26.0. The fourth-order valence-electron chi connectivity index (χ4n) is 11.9. The number of unbranched alkanes of at least 4 members (excludes halogenated alkanes) is 53. The molecule has 0 saturated heterocycles. The Balaban J connectivity index is 3.57. The number of carbonyl (C=O) groups excluding carboxylic acids is 1. The molecule has 0 aliphatic heterocycles. The summed E-state index contributed by atoms with van der Waals surface area (Å²) < 4.78 is 0. The number of hydrogen-bond acceptors (Lipinski definition) is 5. The van der Waals surface area contributed by atoms with Crippen LogP contribution >= 0.6 is 0 Å². The molecule has 0 aliphatic carbocycles. The van der Waals surface area contributed by atoms with Crippen LogP contribution in [0.5, 0.6) is 0 Å². The molecule has 0 saturated carbocycles. The van der Waals surface area contributed by atoms with E-state index in [4.69, 9.17) is 0 Å². The maximum absolute atomic E-state index is 12.7. The molecule has 1 amide bonds. The summed E-state index contributed by atoms with van der Waals surface area (Å²) in [5.74, 6) is -0.594. The number of allylic oxidation sites excluding steroid dienone is 8. The first-order chi connectivity index (χ1) is 41.0. The molecular weight excluding hydrogens is 1020 g/mol. The number of hydrogen-bond donors (Lipinski definition) is 5. The zero-order valence-corrected chi connectivity index (χ0v) is 56.0. The molecule has 0 aromatic carbocycles. The molecule has 83 heavy (non-hydrogen) atoms. The van der Waals surface area contributed by atoms with E-state index in [2.05, 4.69) is 67.8 Å². The van der Waals surface area contributed by atoms with Gasteiger partial charge in [-0.2, -0.15) is 0 Å². The molecule has 0 fully saturated rings. The summed E-state index contributed by atoms with van der Waals surface area (Å²) in [6.45, 7) is 4.09. The van der Waals surface area contributed by atoms with Crippen LogP contribution in [0.4, 0.5) is 0 Å². The molecule has 0 radical (unpaired) electrons. The van der Waals surface area contributed by atoms with Gasteiger partial charge in [-0.1, -0.05) is 364 Å². The van der Waals surface area contributed by atoms with Crippen LogP contribution in [0.1, 0.15) is 406 Å². The summed E-state index contributed by atoms with van der Waals surface area (Å²) in [6.07, 6.45) is 94.1. The number of nitrogens with one attached hydrogen (secondary N) is 1. The van der Waals surface area contributed by atoms with Crippen molar-refractivity contribution in [3.63, 3.8) is 0 Å². The van der Waals surface area contributed by atoms with Crippen molar-refractivity contribution in [2.24, 2.45) is 0 Å². The van der Waals surface area contributed by atoms with Crippen molar-refractivity contribution >= 4 is 5.91 Å². The van der Waals surface area contributed by atoms with Crippen molar-refractivity contribution in [3.8, 4) is 0 Å².